The second kappa shape index (κ2) is 26.9. The molecule has 1 aromatic carbocycles. The van der Waals surface area contributed by atoms with Gasteiger partial charge in [0.05, 0.1) is 6.04 Å². The van der Waals surface area contributed by atoms with Gasteiger partial charge in [-0.25, -0.2) is 0 Å². The van der Waals surface area contributed by atoms with Gasteiger partial charge in [-0.15, -0.1) is 19.7 Å². The van der Waals surface area contributed by atoms with Crippen molar-refractivity contribution in [3.05, 3.63) is 122 Å². The van der Waals surface area contributed by atoms with Crippen LogP contribution >= 0.6 is 0 Å². The van der Waals surface area contributed by atoms with E-state index < -0.39 is 0 Å². The summed E-state index contributed by atoms with van der Waals surface area (Å²) in [5, 5.41) is 3.49. The lowest BCUT2D eigenvalue weighted by molar-refractivity contribution is 0.183. The van der Waals surface area contributed by atoms with Crippen LogP contribution in [0.3, 0.4) is 0 Å². The van der Waals surface area contributed by atoms with Gasteiger partial charge in [0, 0.05) is 24.0 Å². The first kappa shape index (κ1) is 54.0. The van der Waals surface area contributed by atoms with Crippen LogP contribution in [0.2, 0.25) is 0 Å². The van der Waals surface area contributed by atoms with Crippen molar-refractivity contribution < 1.29 is 0 Å². The van der Waals surface area contributed by atoms with Gasteiger partial charge in [-0.05, 0) is 124 Å². The van der Waals surface area contributed by atoms with E-state index in [2.05, 4.69) is 184 Å². The Hall–Kier alpha value is -3.00. The fourth-order valence-corrected chi connectivity index (χ4v) is 8.24. The molecule has 0 amide bonds. The van der Waals surface area contributed by atoms with Crippen LogP contribution in [0.25, 0.3) is 0 Å². The van der Waals surface area contributed by atoms with Crippen LogP contribution in [0, 0.1) is 46.8 Å². The quantitative estimate of drug-likeness (QED) is 0.141. The SMILES string of the molecule is C=C.C=C(C)C(=C)C(C)CC1CCC1.C=C(C)C1C(C(C)(C)C)CCN1C(=C)C(C)C1Cc2ccccc2C1.C=C(C)CCC(NC(=C)CC)C(C)C.CC(C)C. The third-order valence-corrected chi connectivity index (χ3v) is 12.3. The minimum atomic E-state index is 0.311. The topological polar surface area (TPSA) is 15.3 Å². The molecule has 0 aromatic heterocycles. The molecule has 5 atom stereocenters. The van der Waals surface area contributed by atoms with Gasteiger partial charge in [0.2, 0.25) is 0 Å². The highest BCUT2D eigenvalue weighted by molar-refractivity contribution is 5.33. The summed E-state index contributed by atoms with van der Waals surface area (Å²) >= 11 is 0. The third-order valence-electron chi connectivity index (χ3n) is 12.3. The normalized spacial score (nSPS) is 19.0. The number of hydrogen-bond donors (Lipinski definition) is 1. The average molecular weight is 783 g/mol. The maximum Gasteiger partial charge on any atom is 0.0527 e. The molecule has 0 bridgehead atoms. The van der Waals surface area contributed by atoms with Crippen molar-refractivity contribution in [2.75, 3.05) is 6.54 Å². The fraction of sp³-hybridized carbons (Fsp3) is 0.636. The Kier molecular flexibility index (Phi) is 25.5. The summed E-state index contributed by atoms with van der Waals surface area (Å²) in [5.41, 5.74) is 10.8. The lowest BCUT2D eigenvalue weighted by atomic mass is 9.74. The van der Waals surface area contributed by atoms with Gasteiger partial charge in [-0.2, -0.15) is 0 Å². The Morgan fingerprint density at radius 3 is 1.70 bits per heavy atom. The summed E-state index contributed by atoms with van der Waals surface area (Å²) in [6.07, 6.45) is 12.6. The van der Waals surface area contributed by atoms with Crippen molar-refractivity contribution in [1.29, 1.82) is 0 Å². The van der Waals surface area contributed by atoms with Gasteiger partial charge < -0.3 is 10.2 Å². The molecule has 2 nitrogen and oxygen atoms in total. The van der Waals surface area contributed by atoms with Crippen LogP contribution in [-0.2, 0) is 12.8 Å². The lowest BCUT2D eigenvalue weighted by Gasteiger charge is -2.39. The predicted molar refractivity (Wildman–Crippen MR) is 261 cm³/mol. The lowest BCUT2D eigenvalue weighted by Crippen LogP contribution is -2.39. The number of hydrogen-bond acceptors (Lipinski definition) is 2. The minimum absolute atomic E-state index is 0.311. The molecule has 0 radical (unpaired) electrons. The van der Waals surface area contributed by atoms with Crippen LogP contribution < -0.4 is 5.32 Å². The summed E-state index contributed by atoms with van der Waals surface area (Å²) in [7, 11) is 0. The zero-order valence-corrected chi connectivity index (χ0v) is 40.4. The number of nitrogens with one attached hydrogen (secondary N) is 1. The van der Waals surface area contributed by atoms with E-state index in [1.54, 1.807) is 0 Å². The second-order valence-corrected chi connectivity index (χ2v) is 19.9. The van der Waals surface area contributed by atoms with Gasteiger partial charge in [-0.1, -0.05) is 175 Å². The number of nitrogens with zero attached hydrogens (tertiary/aromatic N) is 1. The van der Waals surface area contributed by atoms with E-state index in [1.807, 2.05) is 0 Å². The molecule has 57 heavy (non-hydrogen) atoms. The Labute approximate surface area is 357 Å². The molecular formula is C55H94N2. The zero-order chi connectivity index (χ0) is 44.2. The zero-order valence-electron chi connectivity index (χ0n) is 40.4. The van der Waals surface area contributed by atoms with Crippen LogP contribution in [0.4, 0.5) is 0 Å². The van der Waals surface area contributed by atoms with E-state index >= 15 is 0 Å². The molecule has 4 rings (SSSR count). The molecular weight excluding hydrogens is 689 g/mol. The minimum Gasteiger partial charge on any atom is -0.386 e. The van der Waals surface area contributed by atoms with Crippen molar-refractivity contribution >= 4 is 0 Å². The molecule has 1 aromatic rings. The number of allylic oxidation sites excluding steroid dienone is 5. The predicted octanol–water partition coefficient (Wildman–Crippen LogP) is 16.2. The van der Waals surface area contributed by atoms with E-state index in [9.17, 15) is 0 Å². The van der Waals surface area contributed by atoms with E-state index in [4.69, 9.17) is 0 Å². The monoisotopic (exact) mass is 783 g/mol. The van der Waals surface area contributed by atoms with Gasteiger partial charge in [-0.3, -0.25) is 0 Å². The van der Waals surface area contributed by atoms with Crippen molar-refractivity contribution in [2.45, 2.75) is 173 Å². The van der Waals surface area contributed by atoms with E-state index in [-0.39, 0.29) is 0 Å². The Balaban J connectivity index is 0.000000833. The number of likely N-dealkylation sites (tertiary alicyclic amines) is 1. The summed E-state index contributed by atoms with van der Waals surface area (Å²) in [6, 6.07) is 9.93. The Morgan fingerprint density at radius 1 is 0.825 bits per heavy atom. The van der Waals surface area contributed by atoms with E-state index in [0.717, 1.165) is 48.9 Å². The fourth-order valence-electron chi connectivity index (χ4n) is 8.24. The molecule has 1 heterocycles. The molecule has 1 N–H and O–H groups in total. The molecule has 1 aliphatic heterocycles. The van der Waals surface area contributed by atoms with Crippen LogP contribution in [-0.4, -0.2) is 23.5 Å². The summed E-state index contributed by atoms with van der Waals surface area (Å²) in [4.78, 5) is 2.59. The Bertz CT molecular complexity index is 1370. The van der Waals surface area contributed by atoms with Gasteiger partial charge >= 0.3 is 0 Å². The van der Waals surface area contributed by atoms with Crippen LogP contribution in [0.1, 0.15) is 159 Å². The van der Waals surface area contributed by atoms with Gasteiger partial charge in [0.1, 0.15) is 0 Å². The van der Waals surface area contributed by atoms with Crippen LogP contribution in [0.5, 0.6) is 0 Å². The van der Waals surface area contributed by atoms with Gasteiger partial charge in [0.15, 0.2) is 0 Å². The molecule has 3 aliphatic rings. The van der Waals surface area contributed by atoms with E-state index in [0.29, 0.717) is 47.1 Å². The summed E-state index contributed by atoms with van der Waals surface area (Å²) in [5.74, 6) is 4.98. The van der Waals surface area contributed by atoms with Crippen molar-refractivity contribution in [3.8, 4) is 0 Å². The molecule has 2 heteroatoms. The molecule has 324 valence electrons. The summed E-state index contributed by atoms with van der Waals surface area (Å²) < 4.78 is 0. The van der Waals surface area contributed by atoms with Crippen molar-refractivity contribution in [1.82, 2.24) is 10.2 Å². The maximum atomic E-state index is 4.58. The second-order valence-electron chi connectivity index (χ2n) is 19.9. The maximum absolute atomic E-state index is 4.58. The van der Waals surface area contributed by atoms with Crippen molar-refractivity contribution in [2.24, 2.45) is 46.8 Å². The first-order valence-electron chi connectivity index (χ1n) is 22.6. The highest BCUT2D eigenvalue weighted by Crippen LogP contribution is 2.45. The average Bonchev–Trinajstić information content (AvgIpc) is 3.77. The molecule has 1 saturated carbocycles. The van der Waals surface area contributed by atoms with Crippen molar-refractivity contribution in [3.63, 3.8) is 0 Å². The molecule has 2 fully saturated rings. The third kappa shape index (κ3) is 19.5. The number of fused-ring (bicyclic) bond motifs is 1. The molecule has 2 aliphatic carbocycles. The Morgan fingerprint density at radius 2 is 1.33 bits per heavy atom. The standard InChI is InChI=1S/C24H35N.C13H25N.C12H20.C4H10.C2H4/c1-16(2)23-22(24(5,6)7)12-13-25(23)18(4)17(3)21-14-19-10-8-9-11-20(19)15-21;1-7-12(6)14-13(11(4)5)9-8-10(2)3;1-9(2)11(4)10(3)8-12-6-5-7-12;1-4(2)3;1-2/h8-11,17,21-23H,1,4,12-15H2,2-3,5-7H3;11,13-14H,2,6-9H2,1,3-5H3;10,12H,1,4-8H2,2-3H3;4H,1-3H3;1-2H2. The summed E-state index contributed by atoms with van der Waals surface area (Å²) in [6.45, 7) is 63.2. The number of rotatable bonds is 15. The van der Waals surface area contributed by atoms with Crippen LogP contribution in [0.15, 0.2) is 111 Å². The van der Waals surface area contributed by atoms with Gasteiger partial charge in [0.25, 0.3) is 0 Å². The molecule has 0 spiro atoms. The molecule has 5 unspecified atom stereocenters. The first-order chi connectivity index (χ1) is 26.5. The van der Waals surface area contributed by atoms with E-state index in [1.165, 1.54) is 78.5 Å². The number of benzene rings is 1. The first-order valence-corrected chi connectivity index (χ1v) is 22.6. The highest BCUT2D eigenvalue weighted by atomic mass is 15.2. The largest absolute Gasteiger partial charge is 0.386 e. The smallest absolute Gasteiger partial charge is 0.0527 e. The molecule has 1 saturated heterocycles. The highest BCUT2D eigenvalue weighted by Gasteiger charge is 2.43.